The number of rotatable bonds is 8. The Bertz CT molecular complexity index is 462. The monoisotopic (exact) mass is 308 g/mol. The van der Waals surface area contributed by atoms with Crippen molar-refractivity contribution < 1.29 is 4.39 Å². The zero-order valence-electron chi connectivity index (χ0n) is 14.2. The summed E-state index contributed by atoms with van der Waals surface area (Å²) < 4.78 is 13.2. The summed E-state index contributed by atoms with van der Waals surface area (Å²) in [4.78, 5) is 6.82. The third-order valence-electron chi connectivity index (χ3n) is 3.75. The van der Waals surface area contributed by atoms with Crippen LogP contribution in [0.4, 0.5) is 4.39 Å². The van der Waals surface area contributed by atoms with E-state index in [1.54, 1.807) is 6.07 Å². The molecule has 0 aliphatic heterocycles. The molecule has 0 spiro atoms. The van der Waals surface area contributed by atoms with E-state index in [9.17, 15) is 4.39 Å². The maximum absolute atomic E-state index is 13.2. The van der Waals surface area contributed by atoms with Crippen LogP contribution in [0, 0.1) is 5.82 Å². The number of nitrogens with zero attached hydrogens (tertiary/aromatic N) is 2. The van der Waals surface area contributed by atoms with Gasteiger partial charge in [-0.25, -0.2) is 9.38 Å². The molecule has 1 aromatic rings. The van der Waals surface area contributed by atoms with Crippen molar-refractivity contribution in [3.63, 3.8) is 0 Å². The van der Waals surface area contributed by atoms with Gasteiger partial charge in [-0.2, -0.15) is 0 Å². The fourth-order valence-corrected chi connectivity index (χ4v) is 2.03. The topological polar surface area (TPSA) is 39.7 Å². The highest BCUT2D eigenvalue weighted by atomic mass is 19.1. The van der Waals surface area contributed by atoms with Crippen LogP contribution in [-0.2, 0) is 6.54 Å². The third kappa shape index (κ3) is 6.89. The van der Waals surface area contributed by atoms with Crippen molar-refractivity contribution in [3.8, 4) is 0 Å². The molecular formula is C17H29FN4. The SMILES string of the molecule is CCNC(=NCc1cccc(F)c1)NCCN(C)C(C)CC. The highest BCUT2D eigenvalue weighted by Gasteiger charge is 2.06. The van der Waals surface area contributed by atoms with Gasteiger partial charge in [0, 0.05) is 25.7 Å². The molecule has 0 aliphatic rings. The number of halogens is 1. The number of guanidine groups is 1. The van der Waals surface area contributed by atoms with Crippen molar-refractivity contribution in [2.75, 3.05) is 26.7 Å². The summed E-state index contributed by atoms with van der Waals surface area (Å²) in [5.74, 6) is 0.546. The normalized spacial score (nSPS) is 13.3. The smallest absolute Gasteiger partial charge is 0.191 e. The molecule has 4 nitrogen and oxygen atoms in total. The Labute approximate surface area is 133 Å². The zero-order valence-corrected chi connectivity index (χ0v) is 14.2. The van der Waals surface area contributed by atoms with Crippen LogP contribution in [0.3, 0.4) is 0 Å². The summed E-state index contributed by atoms with van der Waals surface area (Å²) in [7, 11) is 2.13. The van der Waals surface area contributed by atoms with Crippen molar-refractivity contribution in [2.45, 2.75) is 39.8 Å². The summed E-state index contributed by atoms with van der Waals surface area (Å²) in [5, 5.41) is 6.53. The minimum Gasteiger partial charge on any atom is -0.357 e. The lowest BCUT2D eigenvalue weighted by Crippen LogP contribution is -2.42. The van der Waals surface area contributed by atoms with E-state index in [-0.39, 0.29) is 5.82 Å². The maximum Gasteiger partial charge on any atom is 0.191 e. The lowest BCUT2D eigenvalue weighted by atomic mass is 10.2. The Hall–Kier alpha value is -1.62. The standard InChI is InChI=1S/C17H29FN4/c1-5-14(3)22(4)11-10-20-17(19-6-2)21-13-15-8-7-9-16(18)12-15/h7-9,12,14H,5-6,10-11,13H2,1-4H3,(H2,19,20,21). The largest absolute Gasteiger partial charge is 0.357 e. The number of aliphatic imine (C=N–C) groups is 1. The van der Waals surface area contributed by atoms with Gasteiger partial charge in [0.25, 0.3) is 0 Å². The van der Waals surface area contributed by atoms with Gasteiger partial charge in [-0.15, -0.1) is 0 Å². The molecule has 1 unspecified atom stereocenters. The van der Waals surface area contributed by atoms with E-state index in [2.05, 4.69) is 41.4 Å². The van der Waals surface area contributed by atoms with E-state index in [0.29, 0.717) is 12.6 Å². The Morgan fingerprint density at radius 3 is 2.73 bits per heavy atom. The summed E-state index contributed by atoms with van der Waals surface area (Å²) in [6, 6.07) is 7.13. The van der Waals surface area contributed by atoms with Gasteiger partial charge in [-0.05, 0) is 45.0 Å². The number of benzene rings is 1. The molecule has 0 aliphatic carbocycles. The van der Waals surface area contributed by atoms with Crippen molar-refractivity contribution >= 4 is 5.96 Å². The second-order valence-corrected chi connectivity index (χ2v) is 5.49. The minimum atomic E-state index is -0.221. The lowest BCUT2D eigenvalue weighted by Gasteiger charge is -2.24. The number of likely N-dealkylation sites (N-methyl/N-ethyl adjacent to an activating group) is 1. The van der Waals surface area contributed by atoms with Crippen molar-refractivity contribution in [1.29, 1.82) is 0 Å². The summed E-state index contributed by atoms with van der Waals surface area (Å²) in [6.07, 6.45) is 1.14. The van der Waals surface area contributed by atoms with E-state index >= 15 is 0 Å². The highest BCUT2D eigenvalue weighted by Crippen LogP contribution is 2.04. The predicted molar refractivity (Wildman–Crippen MR) is 91.6 cm³/mol. The van der Waals surface area contributed by atoms with E-state index in [0.717, 1.165) is 37.6 Å². The Morgan fingerprint density at radius 2 is 2.09 bits per heavy atom. The molecular weight excluding hydrogens is 279 g/mol. The molecule has 0 amide bonds. The predicted octanol–water partition coefficient (Wildman–Crippen LogP) is 2.61. The molecule has 0 fully saturated rings. The number of nitrogens with one attached hydrogen (secondary N) is 2. The number of hydrogen-bond acceptors (Lipinski definition) is 2. The zero-order chi connectivity index (χ0) is 16.4. The van der Waals surface area contributed by atoms with Crippen LogP contribution in [0.1, 0.15) is 32.8 Å². The molecule has 0 radical (unpaired) electrons. The molecule has 0 saturated heterocycles. The second kappa shape index (κ2) is 10.2. The van der Waals surface area contributed by atoms with Crippen LogP contribution < -0.4 is 10.6 Å². The Balaban J connectivity index is 2.48. The Kier molecular flexibility index (Phi) is 8.51. The minimum absolute atomic E-state index is 0.221. The average molecular weight is 308 g/mol. The van der Waals surface area contributed by atoms with E-state index in [1.165, 1.54) is 12.1 Å². The number of hydrogen-bond donors (Lipinski definition) is 2. The summed E-state index contributed by atoms with van der Waals surface area (Å²) in [6.45, 7) is 9.51. The first-order valence-corrected chi connectivity index (χ1v) is 8.03. The third-order valence-corrected chi connectivity index (χ3v) is 3.75. The summed E-state index contributed by atoms with van der Waals surface area (Å²) >= 11 is 0. The molecule has 1 rings (SSSR count). The van der Waals surface area contributed by atoms with E-state index in [1.807, 2.05) is 13.0 Å². The van der Waals surface area contributed by atoms with E-state index in [4.69, 9.17) is 0 Å². The lowest BCUT2D eigenvalue weighted by molar-refractivity contribution is 0.255. The van der Waals surface area contributed by atoms with Gasteiger partial charge >= 0.3 is 0 Å². The van der Waals surface area contributed by atoms with Crippen LogP contribution in [0.15, 0.2) is 29.3 Å². The molecule has 0 heterocycles. The van der Waals surface area contributed by atoms with Crippen LogP contribution in [0.2, 0.25) is 0 Å². The van der Waals surface area contributed by atoms with Gasteiger partial charge in [-0.3, -0.25) is 0 Å². The molecule has 1 atom stereocenters. The molecule has 0 saturated carbocycles. The fraction of sp³-hybridized carbons (Fsp3) is 0.588. The second-order valence-electron chi connectivity index (χ2n) is 5.49. The molecule has 1 aromatic carbocycles. The molecule has 2 N–H and O–H groups in total. The van der Waals surface area contributed by atoms with Crippen molar-refractivity contribution in [3.05, 3.63) is 35.6 Å². The van der Waals surface area contributed by atoms with Crippen molar-refractivity contribution in [1.82, 2.24) is 15.5 Å². The molecule has 124 valence electrons. The van der Waals surface area contributed by atoms with Gasteiger partial charge in [0.2, 0.25) is 0 Å². The van der Waals surface area contributed by atoms with E-state index < -0.39 is 0 Å². The van der Waals surface area contributed by atoms with Gasteiger partial charge in [0.05, 0.1) is 6.54 Å². The average Bonchev–Trinajstić information content (AvgIpc) is 2.51. The quantitative estimate of drug-likeness (QED) is 0.573. The van der Waals surface area contributed by atoms with Crippen molar-refractivity contribution in [2.24, 2.45) is 4.99 Å². The van der Waals surface area contributed by atoms with Gasteiger partial charge in [0.1, 0.15) is 5.82 Å². The maximum atomic E-state index is 13.2. The van der Waals surface area contributed by atoms with Gasteiger partial charge in [0.15, 0.2) is 5.96 Å². The first-order valence-electron chi connectivity index (χ1n) is 8.03. The highest BCUT2D eigenvalue weighted by molar-refractivity contribution is 5.79. The van der Waals surface area contributed by atoms with Gasteiger partial charge < -0.3 is 15.5 Å². The molecule has 5 heteroatoms. The molecule has 0 bridgehead atoms. The molecule has 0 aromatic heterocycles. The van der Waals surface area contributed by atoms with Gasteiger partial charge in [-0.1, -0.05) is 19.1 Å². The van der Waals surface area contributed by atoms with Crippen LogP contribution in [0.25, 0.3) is 0 Å². The van der Waals surface area contributed by atoms with Crippen LogP contribution >= 0.6 is 0 Å². The van der Waals surface area contributed by atoms with Crippen LogP contribution in [-0.4, -0.2) is 43.6 Å². The fourth-order valence-electron chi connectivity index (χ4n) is 2.03. The summed E-state index contributed by atoms with van der Waals surface area (Å²) in [5.41, 5.74) is 0.869. The first kappa shape index (κ1) is 18.4. The first-order chi connectivity index (χ1) is 10.6. The Morgan fingerprint density at radius 1 is 1.32 bits per heavy atom. The van der Waals surface area contributed by atoms with Crippen LogP contribution in [0.5, 0.6) is 0 Å². The molecule has 22 heavy (non-hydrogen) atoms.